The number of aromatic nitrogens is 3. The van der Waals surface area contributed by atoms with Crippen molar-refractivity contribution in [3.63, 3.8) is 0 Å². The fourth-order valence-electron chi connectivity index (χ4n) is 4.24. The van der Waals surface area contributed by atoms with Gasteiger partial charge in [0, 0.05) is 17.0 Å². The Labute approximate surface area is 242 Å². The lowest BCUT2D eigenvalue weighted by Gasteiger charge is -2.16. The number of allylic oxidation sites excluding steroid dienone is 1. The minimum Gasteiger partial charge on any atom is -0.483 e. The fraction of sp³-hybridized carbons (Fsp3) is 0.267. The van der Waals surface area contributed by atoms with Gasteiger partial charge in [-0.1, -0.05) is 67.2 Å². The Bertz CT molecular complexity index is 1480. The van der Waals surface area contributed by atoms with Crippen molar-refractivity contribution in [1.29, 1.82) is 0 Å². The first-order chi connectivity index (χ1) is 19.4. The molecule has 40 heavy (non-hydrogen) atoms. The summed E-state index contributed by atoms with van der Waals surface area (Å²) >= 11 is 2.60. The van der Waals surface area contributed by atoms with Gasteiger partial charge in [-0.2, -0.15) is 0 Å². The molecule has 4 rings (SSSR count). The van der Waals surface area contributed by atoms with Gasteiger partial charge in [0.25, 0.3) is 0 Å². The number of nitrogens with one attached hydrogen (secondary N) is 1. The van der Waals surface area contributed by atoms with Crippen LogP contribution in [0.5, 0.6) is 5.75 Å². The van der Waals surface area contributed by atoms with Gasteiger partial charge < -0.3 is 14.8 Å². The highest BCUT2D eigenvalue weighted by molar-refractivity contribution is 7.99. The number of esters is 1. The van der Waals surface area contributed by atoms with Crippen molar-refractivity contribution in [1.82, 2.24) is 14.8 Å². The predicted molar refractivity (Wildman–Crippen MR) is 160 cm³/mol. The minimum absolute atomic E-state index is 0.0707. The zero-order chi connectivity index (χ0) is 28.6. The second-order valence-electron chi connectivity index (χ2n) is 8.93. The number of thiophene rings is 1. The van der Waals surface area contributed by atoms with E-state index in [2.05, 4.69) is 29.0 Å². The largest absolute Gasteiger partial charge is 0.483 e. The quantitative estimate of drug-likeness (QED) is 0.114. The molecule has 0 radical (unpaired) electrons. The molecule has 0 aliphatic carbocycles. The zero-order valence-corrected chi connectivity index (χ0v) is 24.6. The molecule has 0 fully saturated rings. The van der Waals surface area contributed by atoms with Crippen molar-refractivity contribution in [2.24, 2.45) is 0 Å². The van der Waals surface area contributed by atoms with E-state index in [9.17, 15) is 9.59 Å². The number of ether oxygens (including phenoxy) is 2. The lowest BCUT2D eigenvalue weighted by atomic mass is 10.0. The molecule has 0 aliphatic heterocycles. The number of benzene rings is 2. The van der Waals surface area contributed by atoms with Crippen LogP contribution in [-0.2, 0) is 22.5 Å². The van der Waals surface area contributed by atoms with Gasteiger partial charge in [-0.25, -0.2) is 4.79 Å². The highest BCUT2D eigenvalue weighted by Gasteiger charge is 2.26. The Morgan fingerprint density at radius 1 is 1.15 bits per heavy atom. The third-order valence-corrected chi connectivity index (χ3v) is 8.17. The van der Waals surface area contributed by atoms with Crippen molar-refractivity contribution in [3.05, 3.63) is 89.1 Å². The molecule has 10 heteroatoms. The summed E-state index contributed by atoms with van der Waals surface area (Å²) in [5.74, 6) is 0.679. The van der Waals surface area contributed by atoms with E-state index in [0.717, 1.165) is 28.2 Å². The highest BCUT2D eigenvalue weighted by Crippen LogP contribution is 2.40. The number of methoxy groups -OCH3 is 1. The van der Waals surface area contributed by atoms with Crippen molar-refractivity contribution in [2.75, 3.05) is 18.2 Å². The van der Waals surface area contributed by atoms with E-state index >= 15 is 0 Å². The Balaban J connectivity index is 1.48. The van der Waals surface area contributed by atoms with E-state index in [1.54, 1.807) is 6.08 Å². The molecule has 4 aromatic rings. The maximum atomic E-state index is 13.0. The lowest BCUT2D eigenvalue weighted by Crippen LogP contribution is -2.17. The molecule has 0 saturated heterocycles. The Kier molecular flexibility index (Phi) is 9.79. The number of carbonyl (C=O) groups excluding carboxylic acids is 2. The van der Waals surface area contributed by atoms with Gasteiger partial charge in [-0.3, -0.25) is 9.36 Å². The molecule has 8 nitrogen and oxygen atoms in total. The van der Waals surface area contributed by atoms with Gasteiger partial charge in [-0.05, 0) is 43.5 Å². The Morgan fingerprint density at radius 3 is 2.52 bits per heavy atom. The van der Waals surface area contributed by atoms with Gasteiger partial charge in [0.05, 0.1) is 12.9 Å². The van der Waals surface area contributed by atoms with Gasteiger partial charge >= 0.3 is 5.97 Å². The number of aryl methyl sites for hydroxylation is 2. The van der Waals surface area contributed by atoms with Crippen LogP contribution in [0.2, 0.25) is 0 Å². The average molecular weight is 577 g/mol. The van der Waals surface area contributed by atoms with Crippen LogP contribution in [0.25, 0.3) is 11.1 Å². The van der Waals surface area contributed by atoms with Crippen molar-refractivity contribution < 1.29 is 19.1 Å². The standard InChI is InChI=1S/C30H32N4O4S2/c1-6-17-34-27(19(3)38-23-15-13-21(7-2)14-16-23)32-33-30(34)39-18-24(35)31-28-26(29(36)37-5)25(20(4)40-28)22-11-9-8-10-12-22/h6,8-16,19H,1,7,17-18H2,2-5H3,(H,31,35). The molecule has 0 spiro atoms. The first kappa shape index (κ1) is 29.1. The highest BCUT2D eigenvalue weighted by atomic mass is 32.2. The fourth-order valence-corrected chi connectivity index (χ4v) is 6.08. The van der Waals surface area contributed by atoms with E-state index in [4.69, 9.17) is 9.47 Å². The molecule has 1 amide bonds. The van der Waals surface area contributed by atoms with E-state index < -0.39 is 5.97 Å². The van der Waals surface area contributed by atoms with Crippen molar-refractivity contribution in [3.8, 4) is 16.9 Å². The van der Waals surface area contributed by atoms with E-state index in [1.807, 2.05) is 73.0 Å². The summed E-state index contributed by atoms with van der Waals surface area (Å²) in [5.41, 5.74) is 3.23. The molecule has 1 N–H and O–H groups in total. The number of thioether (sulfide) groups is 1. The summed E-state index contributed by atoms with van der Waals surface area (Å²) in [7, 11) is 1.33. The normalized spacial score (nSPS) is 11.6. The maximum absolute atomic E-state index is 13.0. The van der Waals surface area contributed by atoms with Crippen LogP contribution < -0.4 is 10.1 Å². The molecule has 0 saturated carbocycles. The Morgan fingerprint density at radius 2 is 1.88 bits per heavy atom. The zero-order valence-electron chi connectivity index (χ0n) is 23.0. The first-order valence-electron chi connectivity index (χ1n) is 12.9. The molecule has 1 atom stereocenters. The summed E-state index contributed by atoms with van der Waals surface area (Å²) in [6, 6.07) is 17.6. The van der Waals surface area contributed by atoms with Crippen LogP contribution in [0.3, 0.4) is 0 Å². The van der Waals surface area contributed by atoms with Gasteiger partial charge in [-0.15, -0.1) is 28.1 Å². The molecule has 1 unspecified atom stereocenters. The van der Waals surface area contributed by atoms with Gasteiger partial charge in [0.2, 0.25) is 5.91 Å². The Hall–Kier alpha value is -3.89. The van der Waals surface area contributed by atoms with Gasteiger partial charge in [0.15, 0.2) is 17.1 Å². The third kappa shape index (κ3) is 6.63. The van der Waals surface area contributed by atoms with E-state index in [0.29, 0.717) is 28.1 Å². The topological polar surface area (TPSA) is 95.3 Å². The number of rotatable bonds is 12. The summed E-state index contributed by atoms with van der Waals surface area (Å²) in [6.07, 6.45) is 2.35. The second-order valence-corrected chi connectivity index (χ2v) is 11.1. The second kappa shape index (κ2) is 13.5. The number of hydrogen-bond donors (Lipinski definition) is 1. The third-order valence-electron chi connectivity index (χ3n) is 6.19. The van der Waals surface area contributed by atoms with Crippen molar-refractivity contribution >= 4 is 40.0 Å². The smallest absolute Gasteiger partial charge is 0.341 e. The molecule has 2 heterocycles. The van der Waals surface area contributed by atoms with Gasteiger partial charge in [0.1, 0.15) is 16.3 Å². The van der Waals surface area contributed by atoms with E-state index in [1.165, 1.54) is 35.8 Å². The predicted octanol–water partition coefficient (Wildman–Crippen LogP) is 6.72. The summed E-state index contributed by atoms with van der Waals surface area (Å²) in [6.45, 7) is 10.3. The number of hydrogen-bond acceptors (Lipinski definition) is 8. The van der Waals surface area contributed by atoms with Crippen LogP contribution in [-0.4, -0.2) is 39.5 Å². The summed E-state index contributed by atoms with van der Waals surface area (Å²) in [4.78, 5) is 26.7. The lowest BCUT2D eigenvalue weighted by molar-refractivity contribution is -0.113. The number of carbonyl (C=O) groups is 2. The summed E-state index contributed by atoms with van der Waals surface area (Å²) < 4.78 is 13.1. The van der Waals surface area contributed by atoms with Crippen LogP contribution in [0.1, 0.15) is 46.6 Å². The number of amides is 1. The number of nitrogens with zero attached hydrogens (tertiary/aromatic N) is 3. The monoisotopic (exact) mass is 576 g/mol. The average Bonchev–Trinajstić information content (AvgIpc) is 3.52. The molecule has 2 aromatic heterocycles. The SMILES string of the molecule is C=CCn1c(SCC(=O)Nc2sc(C)c(-c3ccccc3)c2C(=O)OC)nnc1C(C)Oc1ccc(CC)cc1. The summed E-state index contributed by atoms with van der Waals surface area (Å²) in [5, 5.41) is 12.6. The maximum Gasteiger partial charge on any atom is 0.341 e. The number of anilines is 1. The van der Waals surface area contributed by atoms with Crippen molar-refractivity contribution in [2.45, 2.75) is 45.0 Å². The van der Waals surface area contributed by atoms with E-state index in [-0.39, 0.29) is 17.8 Å². The van der Waals surface area contributed by atoms with Crippen LogP contribution in [0.4, 0.5) is 5.00 Å². The molecular formula is C30H32N4O4S2. The first-order valence-corrected chi connectivity index (χ1v) is 14.7. The molecule has 0 bridgehead atoms. The molecule has 2 aromatic carbocycles. The molecule has 208 valence electrons. The van der Waals surface area contributed by atoms with Crippen LogP contribution >= 0.6 is 23.1 Å². The van der Waals surface area contributed by atoms with Crippen LogP contribution in [0.15, 0.2) is 72.4 Å². The molecule has 0 aliphatic rings. The minimum atomic E-state index is -0.500. The van der Waals surface area contributed by atoms with Crippen LogP contribution in [0, 0.1) is 6.92 Å². The molecular weight excluding hydrogens is 544 g/mol.